The van der Waals surface area contributed by atoms with Gasteiger partial charge in [0.15, 0.2) is 0 Å². The van der Waals surface area contributed by atoms with Gasteiger partial charge in [-0.2, -0.15) is 0 Å². The first-order valence-corrected chi connectivity index (χ1v) is 14.6. The van der Waals surface area contributed by atoms with Crippen LogP contribution in [0.3, 0.4) is 0 Å². The zero-order chi connectivity index (χ0) is 27.5. The number of benzene rings is 3. The monoisotopic (exact) mass is 542 g/mol. The predicted octanol–water partition coefficient (Wildman–Crippen LogP) is 6.19. The second-order valence-corrected chi connectivity index (χ2v) is 11.4. The molecule has 3 aromatic rings. The van der Waals surface area contributed by atoms with E-state index in [4.69, 9.17) is 4.74 Å². The number of amides is 1. The highest BCUT2D eigenvalue weighted by Crippen LogP contribution is 2.30. The quantitative estimate of drug-likeness (QED) is 0.313. The summed E-state index contributed by atoms with van der Waals surface area (Å²) in [6, 6.07) is 28.5. The van der Waals surface area contributed by atoms with Gasteiger partial charge in [-0.1, -0.05) is 117 Å². The fourth-order valence-corrected chi connectivity index (χ4v) is 6.26. The molecule has 5 nitrogen and oxygen atoms in total. The number of nitrogens with one attached hydrogen (secondary N) is 1. The molecule has 0 unspecified atom stereocenters. The minimum atomic E-state index is -0.309. The Kier molecular flexibility index (Phi) is 11.0. The molecule has 39 heavy (non-hydrogen) atoms. The largest absolute Gasteiger partial charge is 0.379 e. The Morgan fingerprint density at radius 3 is 2.03 bits per heavy atom. The highest BCUT2D eigenvalue weighted by molar-refractivity contribution is 8.14. The van der Waals surface area contributed by atoms with Gasteiger partial charge in [-0.3, -0.25) is 14.5 Å². The van der Waals surface area contributed by atoms with Crippen molar-refractivity contribution in [2.24, 2.45) is 5.92 Å². The summed E-state index contributed by atoms with van der Waals surface area (Å²) in [7, 11) is 0. The maximum atomic E-state index is 13.6. The van der Waals surface area contributed by atoms with Crippen LogP contribution in [-0.4, -0.2) is 59.6 Å². The number of carbonyl (C=O) groups is 2. The molecule has 0 saturated carbocycles. The third-order valence-corrected chi connectivity index (χ3v) is 8.06. The van der Waals surface area contributed by atoms with Crippen LogP contribution < -0.4 is 5.32 Å². The van der Waals surface area contributed by atoms with Crippen LogP contribution in [-0.2, 0) is 4.74 Å². The van der Waals surface area contributed by atoms with E-state index in [0.717, 1.165) is 25.1 Å². The van der Waals surface area contributed by atoms with E-state index >= 15 is 0 Å². The van der Waals surface area contributed by atoms with Crippen molar-refractivity contribution in [2.75, 3.05) is 26.3 Å². The van der Waals surface area contributed by atoms with E-state index in [0.29, 0.717) is 30.3 Å². The topological polar surface area (TPSA) is 58.6 Å². The van der Waals surface area contributed by atoms with Crippen molar-refractivity contribution in [3.05, 3.63) is 114 Å². The summed E-state index contributed by atoms with van der Waals surface area (Å²) < 4.78 is 5.68. The molecule has 4 rings (SSSR count). The summed E-state index contributed by atoms with van der Waals surface area (Å²) in [5.74, 6) is 0.208. The Morgan fingerprint density at radius 1 is 0.872 bits per heavy atom. The Morgan fingerprint density at radius 2 is 1.44 bits per heavy atom. The first-order chi connectivity index (χ1) is 19.0. The van der Waals surface area contributed by atoms with E-state index in [-0.39, 0.29) is 28.4 Å². The molecule has 0 spiro atoms. The second kappa shape index (κ2) is 14.8. The average molecular weight is 543 g/mol. The molecule has 3 aromatic carbocycles. The SMILES string of the molecule is CC(C)C[C@@H](SC(=O)c1ccccc1)[C@@H](NC(=O)c1ccccc1)[C@@H](/C=C/c1ccccc1)N1CCOCC1. The number of ether oxygens (including phenoxy) is 1. The molecule has 0 aliphatic carbocycles. The molecular weight excluding hydrogens is 504 g/mol. The maximum absolute atomic E-state index is 13.6. The molecule has 0 radical (unpaired) electrons. The zero-order valence-electron chi connectivity index (χ0n) is 22.7. The molecule has 0 aromatic heterocycles. The minimum Gasteiger partial charge on any atom is -0.379 e. The first kappa shape index (κ1) is 28.8. The van der Waals surface area contributed by atoms with Crippen molar-refractivity contribution in [1.82, 2.24) is 10.2 Å². The number of nitrogens with zero attached hydrogens (tertiary/aromatic N) is 1. The van der Waals surface area contributed by atoms with Gasteiger partial charge < -0.3 is 10.1 Å². The molecule has 204 valence electrons. The maximum Gasteiger partial charge on any atom is 0.251 e. The molecule has 1 saturated heterocycles. The van der Waals surface area contributed by atoms with E-state index in [1.807, 2.05) is 78.9 Å². The number of rotatable bonds is 11. The van der Waals surface area contributed by atoms with Crippen LogP contribution >= 0.6 is 11.8 Å². The van der Waals surface area contributed by atoms with Crippen LogP contribution in [0.15, 0.2) is 97.1 Å². The van der Waals surface area contributed by atoms with Crippen molar-refractivity contribution < 1.29 is 14.3 Å². The van der Waals surface area contributed by atoms with Crippen molar-refractivity contribution in [1.29, 1.82) is 0 Å². The molecule has 6 heteroatoms. The lowest BCUT2D eigenvalue weighted by Gasteiger charge is -2.41. The van der Waals surface area contributed by atoms with Gasteiger partial charge in [-0.15, -0.1) is 0 Å². The van der Waals surface area contributed by atoms with Crippen LogP contribution in [0, 0.1) is 5.92 Å². The van der Waals surface area contributed by atoms with E-state index in [1.54, 1.807) is 0 Å². The molecule has 1 N–H and O–H groups in total. The van der Waals surface area contributed by atoms with Crippen LogP contribution in [0.5, 0.6) is 0 Å². The Balaban J connectivity index is 1.73. The number of morpholine rings is 1. The number of thioether (sulfide) groups is 1. The second-order valence-electron chi connectivity index (χ2n) is 10.2. The summed E-state index contributed by atoms with van der Waals surface area (Å²) in [5, 5.41) is 3.26. The normalized spacial score (nSPS) is 16.6. The van der Waals surface area contributed by atoms with E-state index < -0.39 is 0 Å². The van der Waals surface area contributed by atoms with Gasteiger partial charge in [0.25, 0.3) is 5.91 Å². The molecule has 1 heterocycles. The lowest BCUT2D eigenvalue weighted by molar-refractivity contribution is 0.0182. The van der Waals surface area contributed by atoms with E-state index in [1.165, 1.54) is 11.8 Å². The average Bonchev–Trinajstić information content (AvgIpc) is 2.98. The standard InChI is InChI=1S/C33H38N2O3S/c1-25(2)24-30(39-33(37)28-16-10-5-11-17-28)31(34-32(36)27-14-8-4-9-15-27)29(35-20-22-38-23-21-35)19-18-26-12-6-3-7-13-26/h3-19,25,29-31H,20-24H2,1-2H3,(H,34,36)/b19-18+/t29-,30-,31+/m1/s1. The van der Waals surface area contributed by atoms with Crippen LogP contribution in [0.25, 0.3) is 6.08 Å². The van der Waals surface area contributed by atoms with Gasteiger partial charge >= 0.3 is 0 Å². The highest BCUT2D eigenvalue weighted by Gasteiger charge is 2.36. The third-order valence-electron chi connectivity index (χ3n) is 6.83. The van der Waals surface area contributed by atoms with E-state index in [2.05, 4.69) is 48.3 Å². The summed E-state index contributed by atoms with van der Waals surface area (Å²) in [5.41, 5.74) is 2.38. The van der Waals surface area contributed by atoms with Gasteiger partial charge in [-0.05, 0) is 30.0 Å². The fraction of sp³-hybridized carbons (Fsp3) is 0.333. The number of hydrogen-bond donors (Lipinski definition) is 1. The number of carbonyl (C=O) groups excluding carboxylic acids is 2. The Bertz CT molecular complexity index is 1200. The first-order valence-electron chi connectivity index (χ1n) is 13.7. The number of hydrogen-bond acceptors (Lipinski definition) is 5. The van der Waals surface area contributed by atoms with Crippen molar-refractivity contribution >= 4 is 28.9 Å². The fourth-order valence-electron chi connectivity index (χ4n) is 4.85. The van der Waals surface area contributed by atoms with Gasteiger partial charge in [0.05, 0.1) is 19.3 Å². The van der Waals surface area contributed by atoms with Crippen LogP contribution in [0.1, 0.15) is 46.5 Å². The molecule has 1 amide bonds. The minimum absolute atomic E-state index is 0.0213. The van der Waals surface area contributed by atoms with Crippen molar-refractivity contribution in [2.45, 2.75) is 37.6 Å². The summed E-state index contributed by atoms with van der Waals surface area (Å²) in [6.07, 6.45) is 5.10. The van der Waals surface area contributed by atoms with Gasteiger partial charge in [-0.25, -0.2) is 0 Å². The molecule has 0 bridgehead atoms. The van der Waals surface area contributed by atoms with Crippen LogP contribution in [0.2, 0.25) is 0 Å². The summed E-state index contributed by atoms with van der Waals surface area (Å²) in [4.78, 5) is 29.4. The van der Waals surface area contributed by atoms with Crippen LogP contribution in [0.4, 0.5) is 0 Å². The smallest absolute Gasteiger partial charge is 0.251 e. The van der Waals surface area contributed by atoms with Gasteiger partial charge in [0.1, 0.15) is 0 Å². The van der Waals surface area contributed by atoms with Crippen molar-refractivity contribution in [3.8, 4) is 0 Å². The lowest BCUT2D eigenvalue weighted by atomic mass is 9.94. The molecule has 1 aliphatic heterocycles. The summed E-state index contributed by atoms with van der Waals surface area (Å²) in [6.45, 7) is 7.13. The lowest BCUT2D eigenvalue weighted by Crippen LogP contribution is -2.58. The molecule has 1 aliphatic rings. The molecule has 3 atom stereocenters. The van der Waals surface area contributed by atoms with Gasteiger partial charge in [0.2, 0.25) is 5.12 Å². The molecular formula is C33H38N2O3S. The highest BCUT2D eigenvalue weighted by atomic mass is 32.2. The Labute approximate surface area is 236 Å². The van der Waals surface area contributed by atoms with Gasteiger partial charge in [0, 0.05) is 35.5 Å². The zero-order valence-corrected chi connectivity index (χ0v) is 23.6. The third kappa shape index (κ3) is 8.65. The summed E-state index contributed by atoms with van der Waals surface area (Å²) >= 11 is 1.34. The Hall–Kier alpha value is -3.19. The molecule has 1 fully saturated rings. The predicted molar refractivity (Wildman–Crippen MR) is 161 cm³/mol. The van der Waals surface area contributed by atoms with E-state index in [9.17, 15) is 9.59 Å². The van der Waals surface area contributed by atoms with Crippen molar-refractivity contribution in [3.63, 3.8) is 0 Å².